The highest BCUT2D eigenvalue weighted by Gasteiger charge is 2.41. The third-order valence-electron chi connectivity index (χ3n) is 5.79. The topological polar surface area (TPSA) is 85.7 Å². The van der Waals surface area contributed by atoms with Crippen LogP contribution in [0, 0.1) is 5.82 Å². The summed E-state index contributed by atoms with van der Waals surface area (Å²) >= 11 is 5.19. The normalized spacial score (nSPS) is 14.8. The molecule has 41 heavy (non-hydrogen) atoms. The number of rotatable bonds is 6. The van der Waals surface area contributed by atoms with Gasteiger partial charge in [0.25, 0.3) is 11.8 Å². The largest absolute Gasteiger partial charge is 0.457 e. The highest BCUT2D eigenvalue weighted by molar-refractivity contribution is 7.80. The van der Waals surface area contributed by atoms with Crippen molar-refractivity contribution in [3.05, 3.63) is 102 Å². The Morgan fingerprint density at radius 3 is 2.10 bits per heavy atom. The molecular formula is C28H18F4N4O4S. The average Bonchev–Trinajstić information content (AvgIpc) is 3.24. The van der Waals surface area contributed by atoms with E-state index in [2.05, 4.69) is 10.4 Å². The third-order valence-corrected chi connectivity index (χ3v) is 6.07. The van der Waals surface area contributed by atoms with Crippen molar-refractivity contribution in [2.45, 2.75) is 6.18 Å². The van der Waals surface area contributed by atoms with Gasteiger partial charge >= 0.3 is 6.18 Å². The van der Waals surface area contributed by atoms with E-state index in [1.54, 1.807) is 36.4 Å². The predicted octanol–water partition coefficient (Wildman–Crippen LogP) is 5.99. The van der Waals surface area contributed by atoms with Gasteiger partial charge in [0.1, 0.15) is 28.6 Å². The van der Waals surface area contributed by atoms with Crippen LogP contribution in [0.4, 0.5) is 23.2 Å². The Hall–Kier alpha value is -5.04. The van der Waals surface area contributed by atoms with E-state index in [4.69, 9.17) is 21.7 Å². The molecule has 3 aromatic carbocycles. The Kier molecular flexibility index (Phi) is 7.28. The number of nitrogens with one attached hydrogen (secondary N) is 1. The SMILES string of the molecule is Cn1nc(C(F)(F)F)c(/C=C2\C(=O)NC(=S)N(c3ccc(Oc4ccccc4)cc3)C2=O)c1Oc1ccc(F)cc1. The molecule has 1 aromatic heterocycles. The maximum atomic E-state index is 13.9. The minimum atomic E-state index is -4.97. The van der Waals surface area contributed by atoms with Crippen LogP contribution < -0.4 is 19.7 Å². The molecule has 1 aliphatic heterocycles. The molecule has 0 spiro atoms. The lowest BCUT2D eigenvalue weighted by molar-refractivity contribution is -0.141. The fourth-order valence-corrected chi connectivity index (χ4v) is 4.20. The van der Waals surface area contributed by atoms with Crippen LogP contribution in [0.2, 0.25) is 0 Å². The standard InChI is InChI=1S/C28H18F4N4O4S/c1-35-26(40-20-11-7-16(29)8-12-20)21(23(34-35)28(30,31)32)15-22-24(37)33-27(41)36(25(22)38)17-9-13-19(14-10-17)39-18-5-3-2-4-6-18/h2-15H,1H3,(H,33,37,41)/b22-15+. The van der Waals surface area contributed by atoms with E-state index in [0.717, 1.165) is 27.8 Å². The van der Waals surface area contributed by atoms with E-state index < -0.39 is 46.5 Å². The number of amides is 2. The fraction of sp³-hybridized carbons (Fsp3) is 0.0714. The maximum Gasteiger partial charge on any atom is 0.435 e. The zero-order valence-corrected chi connectivity index (χ0v) is 21.8. The van der Waals surface area contributed by atoms with Crippen LogP contribution in [0.25, 0.3) is 6.08 Å². The number of aryl methyl sites for hydroxylation is 1. The number of carbonyl (C=O) groups excluding carboxylic acids is 2. The molecule has 0 atom stereocenters. The third kappa shape index (κ3) is 5.79. The molecule has 4 aromatic rings. The zero-order chi connectivity index (χ0) is 29.3. The van der Waals surface area contributed by atoms with Crippen LogP contribution in [0.1, 0.15) is 11.3 Å². The van der Waals surface area contributed by atoms with Gasteiger partial charge in [-0.15, -0.1) is 0 Å². The number of ether oxygens (including phenoxy) is 2. The molecule has 5 rings (SSSR count). The smallest absolute Gasteiger partial charge is 0.435 e. The fourth-order valence-electron chi connectivity index (χ4n) is 3.92. The monoisotopic (exact) mass is 582 g/mol. The van der Waals surface area contributed by atoms with Crippen LogP contribution in [0.5, 0.6) is 23.1 Å². The van der Waals surface area contributed by atoms with Gasteiger partial charge in [-0.2, -0.15) is 18.3 Å². The molecule has 1 fully saturated rings. The summed E-state index contributed by atoms with van der Waals surface area (Å²) in [6.45, 7) is 0. The first-order valence-electron chi connectivity index (χ1n) is 11.8. The molecule has 0 unspecified atom stereocenters. The van der Waals surface area contributed by atoms with Gasteiger partial charge in [-0.1, -0.05) is 18.2 Å². The van der Waals surface area contributed by atoms with Gasteiger partial charge in [-0.3, -0.25) is 19.8 Å². The molecule has 13 heteroatoms. The Morgan fingerprint density at radius 1 is 0.878 bits per heavy atom. The van der Waals surface area contributed by atoms with Crippen molar-refractivity contribution in [2.75, 3.05) is 4.90 Å². The highest BCUT2D eigenvalue weighted by atomic mass is 32.1. The summed E-state index contributed by atoms with van der Waals surface area (Å²) in [7, 11) is 1.19. The molecule has 1 saturated heterocycles. The van der Waals surface area contributed by atoms with E-state index in [-0.39, 0.29) is 16.5 Å². The number of carbonyl (C=O) groups is 2. The first kappa shape index (κ1) is 27.5. The molecule has 0 bridgehead atoms. The summed E-state index contributed by atoms with van der Waals surface area (Å²) in [6.07, 6.45) is -4.22. The number of halogens is 4. The number of hydrogen-bond acceptors (Lipinski definition) is 6. The molecule has 2 heterocycles. The highest BCUT2D eigenvalue weighted by Crippen LogP contribution is 2.39. The number of thiocarbonyl (C=S) groups is 1. The second-order valence-corrected chi connectivity index (χ2v) is 9.00. The van der Waals surface area contributed by atoms with Crippen LogP contribution in [-0.2, 0) is 22.8 Å². The first-order chi connectivity index (χ1) is 19.5. The molecule has 0 radical (unpaired) electrons. The molecule has 8 nitrogen and oxygen atoms in total. The second-order valence-electron chi connectivity index (χ2n) is 8.61. The lowest BCUT2D eigenvalue weighted by Gasteiger charge is -2.29. The van der Waals surface area contributed by atoms with Crippen molar-refractivity contribution in [3.63, 3.8) is 0 Å². The predicted molar refractivity (Wildman–Crippen MR) is 144 cm³/mol. The van der Waals surface area contributed by atoms with Gasteiger partial charge in [0.2, 0.25) is 5.88 Å². The second kappa shape index (κ2) is 10.8. The molecule has 2 amide bonds. The molecule has 0 saturated carbocycles. The zero-order valence-electron chi connectivity index (χ0n) is 21.0. The average molecular weight is 583 g/mol. The summed E-state index contributed by atoms with van der Waals surface area (Å²) < 4.78 is 67.3. The number of alkyl halides is 3. The van der Waals surface area contributed by atoms with E-state index >= 15 is 0 Å². The summed E-state index contributed by atoms with van der Waals surface area (Å²) in [4.78, 5) is 27.3. The molecule has 0 aliphatic carbocycles. The van der Waals surface area contributed by atoms with Crippen molar-refractivity contribution >= 4 is 40.9 Å². The van der Waals surface area contributed by atoms with Gasteiger partial charge in [-0.05, 0) is 79.0 Å². The minimum Gasteiger partial charge on any atom is -0.457 e. The number of hydrogen-bond donors (Lipinski definition) is 1. The van der Waals surface area contributed by atoms with Crippen LogP contribution in [0.15, 0.2) is 84.4 Å². The Morgan fingerprint density at radius 2 is 1.46 bits per heavy atom. The van der Waals surface area contributed by atoms with E-state index in [0.29, 0.717) is 11.5 Å². The minimum absolute atomic E-state index is 0.00260. The summed E-state index contributed by atoms with van der Waals surface area (Å²) in [5.41, 5.74) is -2.49. The van der Waals surface area contributed by atoms with Crippen LogP contribution in [0.3, 0.4) is 0 Å². The number of nitrogens with zero attached hydrogens (tertiary/aromatic N) is 3. The van der Waals surface area contributed by atoms with Gasteiger partial charge in [0, 0.05) is 7.05 Å². The maximum absolute atomic E-state index is 13.9. The van der Waals surface area contributed by atoms with Gasteiger partial charge in [0.15, 0.2) is 10.8 Å². The Labute approximate surface area is 235 Å². The Bertz CT molecular complexity index is 1670. The first-order valence-corrected chi connectivity index (χ1v) is 12.2. The summed E-state index contributed by atoms with van der Waals surface area (Å²) in [6, 6.07) is 19.6. The van der Waals surface area contributed by atoms with Crippen molar-refractivity contribution in [2.24, 2.45) is 7.05 Å². The number of aromatic nitrogens is 2. The van der Waals surface area contributed by atoms with Crippen LogP contribution in [-0.4, -0.2) is 26.7 Å². The summed E-state index contributed by atoms with van der Waals surface area (Å²) in [5.74, 6) is -1.96. The summed E-state index contributed by atoms with van der Waals surface area (Å²) in [5, 5.41) is 5.56. The molecular weight excluding hydrogens is 564 g/mol. The van der Waals surface area contributed by atoms with Gasteiger partial charge in [-0.25, -0.2) is 9.07 Å². The quantitative estimate of drug-likeness (QED) is 0.130. The number of para-hydroxylation sites is 1. The van der Waals surface area contributed by atoms with Crippen molar-refractivity contribution in [1.82, 2.24) is 15.1 Å². The molecule has 1 aliphatic rings. The van der Waals surface area contributed by atoms with Crippen LogP contribution >= 0.6 is 12.2 Å². The lowest BCUT2D eigenvalue weighted by atomic mass is 10.1. The van der Waals surface area contributed by atoms with Crippen molar-refractivity contribution in [1.29, 1.82) is 0 Å². The van der Waals surface area contributed by atoms with E-state index in [9.17, 15) is 27.2 Å². The Balaban J connectivity index is 1.51. The molecule has 1 N–H and O–H groups in total. The van der Waals surface area contributed by atoms with E-state index in [1.165, 1.54) is 31.3 Å². The lowest BCUT2D eigenvalue weighted by Crippen LogP contribution is -2.54. The van der Waals surface area contributed by atoms with Gasteiger partial charge in [0.05, 0.1) is 11.3 Å². The van der Waals surface area contributed by atoms with Gasteiger partial charge < -0.3 is 9.47 Å². The van der Waals surface area contributed by atoms with Crippen molar-refractivity contribution < 1.29 is 36.6 Å². The number of benzene rings is 3. The number of anilines is 1. The van der Waals surface area contributed by atoms with E-state index in [1.807, 2.05) is 6.07 Å². The van der Waals surface area contributed by atoms with Crippen molar-refractivity contribution in [3.8, 4) is 23.1 Å². The molecule has 208 valence electrons.